The summed E-state index contributed by atoms with van der Waals surface area (Å²) in [6, 6.07) is 16.7. The summed E-state index contributed by atoms with van der Waals surface area (Å²) in [6.07, 6.45) is 4.53. The van der Waals surface area contributed by atoms with Gasteiger partial charge < -0.3 is 9.47 Å². The molecule has 0 spiro atoms. The molecular formula is C26H34ClIO4. The quantitative estimate of drug-likeness (QED) is 0.159. The van der Waals surface area contributed by atoms with Gasteiger partial charge in [-0.25, -0.2) is 0 Å². The number of halogens is 2. The van der Waals surface area contributed by atoms with Crippen LogP contribution in [0.3, 0.4) is 0 Å². The van der Waals surface area contributed by atoms with Gasteiger partial charge in [-0.15, -0.1) is 11.6 Å². The SMILES string of the molecule is CCOC(=O)CCCc1cccc(CCl)c1.CCOC(=O)CCCc1cccc(CI)c1. The highest BCUT2D eigenvalue weighted by atomic mass is 127. The van der Waals surface area contributed by atoms with Crippen LogP contribution in [0.2, 0.25) is 0 Å². The number of hydrogen-bond donors (Lipinski definition) is 0. The molecule has 0 aliphatic rings. The summed E-state index contributed by atoms with van der Waals surface area (Å²) in [5, 5.41) is 0. The van der Waals surface area contributed by atoms with Crippen LogP contribution in [0.25, 0.3) is 0 Å². The minimum atomic E-state index is -0.115. The molecule has 0 saturated carbocycles. The Balaban J connectivity index is 0.000000320. The lowest BCUT2D eigenvalue weighted by atomic mass is 10.1. The van der Waals surface area contributed by atoms with E-state index in [0.717, 1.165) is 35.7 Å². The number of rotatable bonds is 12. The Hall–Kier alpha value is -1.60. The first kappa shape index (κ1) is 28.4. The Morgan fingerprint density at radius 1 is 0.781 bits per heavy atom. The van der Waals surface area contributed by atoms with E-state index in [4.69, 9.17) is 21.1 Å². The zero-order valence-electron chi connectivity index (χ0n) is 19.1. The Morgan fingerprint density at radius 2 is 1.22 bits per heavy atom. The Bertz CT molecular complexity index is 742. The van der Waals surface area contributed by atoms with Crippen LogP contribution < -0.4 is 0 Å². The van der Waals surface area contributed by atoms with Crippen molar-refractivity contribution in [2.75, 3.05) is 13.2 Å². The van der Waals surface area contributed by atoms with Crippen molar-refractivity contribution in [2.24, 2.45) is 0 Å². The van der Waals surface area contributed by atoms with Crippen LogP contribution in [-0.2, 0) is 42.2 Å². The summed E-state index contributed by atoms with van der Waals surface area (Å²) in [5.74, 6) is 0.328. The normalized spacial score (nSPS) is 10.1. The molecule has 0 heterocycles. The molecule has 0 amide bonds. The molecule has 0 unspecified atom stereocenters. The molecule has 176 valence electrons. The van der Waals surface area contributed by atoms with Crippen molar-refractivity contribution in [3.63, 3.8) is 0 Å². The summed E-state index contributed by atoms with van der Waals surface area (Å²) >= 11 is 8.11. The summed E-state index contributed by atoms with van der Waals surface area (Å²) < 4.78 is 10.8. The van der Waals surface area contributed by atoms with Crippen molar-refractivity contribution in [1.82, 2.24) is 0 Å². The van der Waals surface area contributed by atoms with Crippen LogP contribution >= 0.6 is 34.2 Å². The van der Waals surface area contributed by atoms with Gasteiger partial charge in [0.15, 0.2) is 0 Å². The maximum Gasteiger partial charge on any atom is 0.305 e. The van der Waals surface area contributed by atoms with Crippen LogP contribution in [0.4, 0.5) is 0 Å². The number of alkyl halides is 2. The Kier molecular flexibility index (Phi) is 15.9. The molecule has 0 radical (unpaired) electrons. The van der Waals surface area contributed by atoms with Gasteiger partial charge in [0.1, 0.15) is 0 Å². The molecule has 0 aromatic heterocycles. The van der Waals surface area contributed by atoms with Crippen LogP contribution in [0.15, 0.2) is 48.5 Å². The van der Waals surface area contributed by atoms with Gasteiger partial charge in [0, 0.05) is 23.1 Å². The zero-order valence-corrected chi connectivity index (χ0v) is 22.0. The van der Waals surface area contributed by atoms with Crippen molar-refractivity contribution in [3.8, 4) is 0 Å². The summed E-state index contributed by atoms with van der Waals surface area (Å²) in [4.78, 5) is 22.2. The highest BCUT2D eigenvalue weighted by molar-refractivity contribution is 14.1. The molecule has 0 saturated heterocycles. The van der Waals surface area contributed by atoms with Gasteiger partial charge in [-0.3, -0.25) is 9.59 Å². The fourth-order valence-corrected chi connectivity index (χ4v) is 3.72. The molecule has 0 aliphatic heterocycles. The van der Waals surface area contributed by atoms with Gasteiger partial charge in [-0.2, -0.15) is 0 Å². The largest absolute Gasteiger partial charge is 0.466 e. The molecule has 2 rings (SSSR count). The third-order valence-corrected chi connectivity index (χ3v) is 5.78. The highest BCUT2D eigenvalue weighted by Gasteiger charge is 2.03. The van der Waals surface area contributed by atoms with Crippen molar-refractivity contribution >= 4 is 46.1 Å². The van der Waals surface area contributed by atoms with Gasteiger partial charge in [0.05, 0.1) is 13.2 Å². The number of ether oxygens (including phenoxy) is 2. The highest BCUT2D eigenvalue weighted by Crippen LogP contribution is 2.12. The first-order chi connectivity index (χ1) is 15.5. The molecular weight excluding hydrogens is 539 g/mol. The van der Waals surface area contributed by atoms with Crippen molar-refractivity contribution in [3.05, 3.63) is 70.8 Å². The smallest absolute Gasteiger partial charge is 0.305 e. The minimum Gasteiger partial charge on any atom is -0.466 e. The molecule has 6 heteroatoms. The van der Waals surface area contributed by atoms with Crippen LogP contribution in [0.5, 0.6) is 0 Å². The molecule has 0 fully saturated rings. The van der Waals surface area contributed by atoms with E-state index in [2.05, 4.69) is 59.0 Å². The fourth-order valence-electron chi connectivity index (χ4n) is 3.08. The van der Waals surface area contributed by atoms with E-state index in [1.165, 1.54) is 16.7 Å². The molecule has 4 nitrogen and oxygen atoms in total. The van der Waals surface area contributed by atoms with E-state index in [1.54, 1.807) is 0 Å². The van der Waals surface area contributed by atoms with E-state index in [0.29, 0.717) is 31.9 Å². The lowest BCUT2D eigenvalue weighted by molar-refractivity contribution is -0.144. The first-order valence-corrected chi connectivity index (χ1v) is 13.2. The first-order valence-electron chi connectivity index (χ1n) is 11.1. The van der Waals surface area contributed by atoms with Gasteiger partial charge in [-0.05, 0) is 61.8 Å². The summed E-state index contributed by atoms with van der Waals surface area (Å²) in [7, 11) is 0. The van der Waals surface area contributed by atoms with Gasteiger partial charge in [0.25, 0.3) is 0 Å². The third-order valence-electron chi connectivity index (χ3n) is 4.59. The zero-order chi connectivity index (χ0) is 23.6. The number of benzene rings is 2. The van der Waals surface area contributed by atoms with Crippen molar-refractivity contribution in [1.29, 1.82) is 0 Å². The molecule has 0 N–H and O–H groups in total. The standard InChI is InChI=1S/C13H17ClO2.C13H17IO2/c2*1-2-16-13(15)8-4-6-11-5-3-7-12(9-11)10-14/h2*3,5,7,9H,2,4,6,8,10H2,1H3. The van der Waals surface area contributed by atoms with E-state index in [1.807, 2.05) is 26.0 Å². The lowest BCUT2D eigenvalue weighted by Gasteiger charge is -2.03. The number of carbonyl (C=O) groups is 2. The van der Waals surface area contributed by atoms with Crippen LogP contribution in [0.1, 0.15) is 61.8 Å². The van der Waals surface area contributed by atoms with Crippen molar-refractivity contribution in [2.45, 2.75) is 62.7 Å². The second-order valence-electron chi connectivity index (χ2n) is 7.22. The molecule has 2 aromatic carbocycles. The average molecular weight is 573 g/mol. The molecule has 0 aliphatic carbocycles. The third kappa shape index (κ3) is 13.1. The molecule has 32 heavy (non-hydrogen) atoms. The van der Waals surface area contributed by atoms with Crippen LogP contribution in [0, 0.1) is 0 Å². The molecule has 0 bridgehead atoms. The number of carbonyl (C=O) groups excluding carboxylic acids is 2. The second kappa shape index (κ2) is 17.9. The number of aryl methyl sites for hydroxylation is 2. The number of hydrogen-bond acceptors (Lipinski definition) is 4. The van der Waals surface area contributed by atoms with Gasteiger partial charge in [-0.1, -0.05) is 71.1 Å². The monoisotopic (exact) mass is 572 g/mol. The van der Waals surface area contributed by atoms with E-state index >= 15 is 0 Å². The molecule has 0 atom stereocenters. The lowest BCUT2D eigenvalue weighted by Crippen LogP contribution is -2.04. The maximum atomic E-state index is 11.1. The van der Waals surface area contributed by atoms with E-state index in [-0.39, 0.29) is 11.9 Å². The van der Waals surface area contributed by atoms with Crippen molar-refractivity contribution < 1.29 is 19.1 Å². The van der Waals surface area contributed by atoms with Gasteiger partial charge in [0.2, 0.25) is 0 Å². The second-order valence-corrected chi connectivity index (χ2v) is 8.25. The van der Waals surface area contributed by atoms with Gasteiger partial charge >= 0.3 is 11.9 Å². The predicted molar refractivity (Wildman–Crippen MR) is 139 cm³/mol. The predicted octanol–water partition coefficient (Wildman–Crippen LogP) is 6.82. The maximum absolute atomic E-state index is 11.1. The average Bonchev–Trinajstić information content (AvgIpc) is 2.80. The Labute approximate surface area is 211 Å². The Morgan fingerprint density at radius 3 is 1.66 bits per heavy atom. The summed E-state index contributed by atoms with van der Waals surface area (Å²) in [5.41, 5.74) is 4.99. The molecule has 2 aromatic rings. The summed E-state index contributed by atoms with van der Waals surface area (Å²) in [6.45, 7) is 4.59. The minimum absolute atomic E-state index is 0.0902. The van der Waals surface area contributed by atoms with E-state index < -0.39 is 0 Å². The fraction of sp³-hybridized carbons (Fsp3) is 0.462. The topological polar surface area (TPSA) is 52.6 Å². The number of esters is 2. The van der Waals surface area contributed by atoms with Crippen LogP contribution in [-0.4, -0.2) is 25.2 Å². The van der Waals surface area contributed by atoms with E-state index in [9.17, 15) is 9.59 Å².